The highest BCUT2D eigenvalue weighted by Gasteiger charge is 2.55. The number of carbonyl (C=O) groups is 1. The number of ether oxygens (including phenoxy) is 1. The van der Waals surface area contributed by atoms with E-state index in [2.05, 4.69) is 5.32 Å². The van der Waals surface area contributed by atoms with Crippen molar-refractivity contribution in [3.8, 4) is 0 Å². The van der Waals surface area contributed by atoms with Gasteiger partial charge < -0.3 is 15.8 Å². The van der Waals surface area contributed by atoms with Gasteiger partial charge in [-0.1, -0.05) is 0 Å². The van der Waals surface area contributed by atoms with E-state index in [-0.39, 0.29) is 11.6 Å². The second-order valence-corrected chi connectivity index (χ2v) is 7.95. The van der Waals surface area contributed by atoms with Gasteiger partial charge in [-0.3, -0.25) is 0 Å². The average Bonchev–Trinajstić information content (AvgIpc) is 2.20. The Kier molecular flexibility index (Phi) is 2.86. The Balaban J connectivity index is 1.70. The summed E-state index contributed by atoms with van der Waals surface area (Å²) in [4.78, 5) is 12.1. The highest BCUT2D eigenvalue weighted by Crippen LogP contribution is 2.55. The maximum atomic E-state index is 12.1. The van der Waals surface area contributed by atoms with Crippen LogP contribution in [0.25, 0.3) is 0 Å². The van der Waals surface area contributed by atoms with Gasteiger partial charge in [0, 0.05) is 11.6 Å². The van der Waals surface area contributed by atoms with Gasteiger partial charge in [-0.05, 0) is 70.6 Å². The molecule has 3 unspecified atom stereocenters. The molecule has 0 radical (unpaired) electrons. The second kappa shape index (κ2) is 4.11. The van der Waals surface area contributed by atoms with Crippen molar-refractivity contribution in [1.82, 2.24) is 5.32 Å². The van der Waals surface area contributed by atoms with Gasteiger partial charge in [0.15, 0.2) is 0 Å². The molecule has 19 heavy (non-hydrogen) atoms. The van der Waals surface area contributed by atoms with Gasteiger partial charge in [0.25, 0.3) is 0 Å². The molecule has 0 aromatic heterocycles. The molecule has 4 fully saturated rings. The highest BCUT2D eigenvalue weighted by molar-refractivity contribution is 5.69. The van der Waals surface area contributed by atoms with E-state index in [1.807, 2.05) is 20.8 Å². The lowest BCUT2D eigenvalue weighted by Crippen LogP contribution is -2.65. The summed E-state index contributed by atoms with van der Waals surface area (Å²) < 4.78 is 5.42. The summed E-state index contributed by atoms with van der Waals surface area (Å²) in [5.74, 6) is 1.95. The van der Waals surface area contributed by atoms with Crippen LogP contribution < -0.4 is 11.1 Å². The quantitative estimate of drug-likeness (QED) is 0.766. The maximum Gasteiger partial charge on any atom is 0.408 e. The fraction of sp³-hybridized carbons (Fsp3) is 0.933. The van der Waals surface area contributed by atoms with Crippen LogP contribution in [0.1, 0.15) is 52.9 Å². The molecule has 0 heterocycles. The number of carbonyl (C=O) groups excluding carboxylic acids is 1. The van der Waals surface area contributed by atoms with E-state index in [1.54, 1.807) is 0 Å². The molecule has 0 spiro atoms. The summed E-state index contributed by atoms with van der Waals surface area (Å²) in [6, 6.07) is 0.352. The summed E-state index contributed by atoms with van der Waals surface area (Å²) >= 11 is 0. The fourth-order valence-electron chi connectivity index (χ4n) is 4.74. The molecule has 4 rings (SSSR count). The Bertz CT molecular complexity index is 372. The SMILES string of the molecule is CC(C)(C)OC(=O)NC12CC3C[C@H](C1)C(N)[C@@H](C3)C2. The van der Waals surface area contributed by atoms with Crippen molar-refractivity contribution in [3.63, 3.8) is 0 Å². The first-order valence-corrected chi connectivity index (χ1v) is 7.53. The summed E-state index contributed by atoms with van der Waals surface area (Å²) in [6.45, 7) is 5.71. The van der Waals surface area contributed by atoms with Crippen molar-refractivity contribution in [2.75, 3.05) is 0 Å². The number of nitrogens with one attached hydrogen (secondary N) is 1. The van der Waals surface area contributed by atoms with Crippen LogP contribution in [-0.4, -0.2) is 23.3 Å². The first kappa shape index (κ1) is 13.2. The fourth-order valence-corrected chi connectivity index (χ4v) is 4.74. The molecule has 4 bridgehead atoms. The maximum absolute atomic E-state index is 12.1. The summed E-state index contributed by atoms with van der Waals surface area (Å²) in [5, 5.41) is 3.18. The van der Waals surface area contributed by atoms with Crippen molar-refractivity contribution in [1.29, 1.82) is 0 Å². The largest absolute Gasteiger partial charge is 0.444 e. The molecule has 108 valence electrons. The van der Waals surface area contributed by atoms with Gasteiger partial charge in [-0.15, -0.1) is 0 Å². The molecular formula is C15H26N2O2. The Morgan fingerprint density at radius 3 is 2.32 bits per heavy atom. The van der Waals surface area contributed by atoms with Gasteiger partial charge in [0.2, 0.25) is 0 Å². The predicted molar refractivity (Wildman–Crippen MR) is 73.6 cm³/mol. The molecule has 4 aliphatic rings. The first-order valence-electron chi connectivity index (χ1n) is 7.53. The number of hydrogen-bond acceptors (Lipinski definition) is 3. The number of hydrogen-bond donors (Lipinski definition) is 2. The lowest BCUT2D eigenvalue weighted by atomic mass is 9.51. The van der Waals surface area contributed by atoms with Crippen LogP contribution in [0.5, 0.6) is 0 Å². The molecule has 4 nitrogen and oxygen atoms in total. The number of amides is 1. The second-order valence-electron chi connectivity index (χ2n) is 7.95. The van der Waals surface area contributed by atoms with E-state index in [4.69, 9.17) is 10.5 Å². The van der Waals surface area contributed by atoms with Crippen LogP contribution in [0.2, 0.25) is 0 Å². The van der Waals surface area contributed by atoms with E-state index in [0.29, 0.717) is 17.9 Å². The summed E-state index contributed by atoms with van der Waals surface area (Å²) in [7, 11) is 0. The summed E-state index contributed by atoms with van der Waals surface area (Å²) in [6.07, 6.45) is 5.46. The van der Waals surface area contributed by atoms with E-state index >= 15 is 0 Å². The molecule has 1 amide bonds. The Morgan fingerprint density at radius 1 is 1.21 bits per heavy atom. The van der Waals surface area contributed by atoms with Crippen molar-refractivity contribution < 1.29 is 9.53 Å². The van der Waals surface area contributed by atoms with E-state index in [1.165, 1.54) is 12.8 Å². The molecule has 0 saturated heterocycles. The van der Waals surface area contributed by atoms with Crippen molar-refractivity contribution in [2.24, 2.45) is 23.5 Å². The molecule has 4 saturated carbocycles. The van der Waals surface area contributed by atoms with E-state index < -0.39 is 5.60 Å². The summed E-state index contributed by atoms with van der Waals surface area (Å²) in [5.41, 5.74) is 5.85. The molecular weight excluding hydrogens is 240 g/mol. The molecule has 4 heteroatoms. The van der Waals surface area contributed by atoms with Crippen LogP contribution in [0.4, 0.5) is 4.79 Å². The van der Waals surface area contributed by atoms with Gasteiger partial charge in [-0.25, -0.2) is 4.79 Å². The van der Waals surface area contributed by atoms with Gasteiger partial charge in [0.1, 0.15) is 5.60 Å². The normalized spacial score (nSPS) is 44.2. The van der Waals surface area contributed by atoms with Crippen molar-refractivity contribution in [3.05, 3.63) is 0 Å². The lowest BCUT2D eigenvalue weighted by molar-refractivity contribution is -0.0399. The minimum absolute atomic E-state index is 0.0330. The van der Waals surface area contributed by atoms with E-state index in [9.17, 15) is 4.79 Å². The number of alkyl carbamates (subject to hydrolysis) is 1. The Hall–Kier alpha value is -0.770. The molecule has 0 aromatic carbocycles. The zero-order chi connectivity index (χ0) is 13.8. The average molecular weight is 266 g/mol. The molecule has 4 aliphatic carbocycles. The van der Waals surface area contributed by atoms with Crippen LogP contribution in [-0.2, 0) is 4.74 Å². The number of rotatable bonds is 1. The van der Waals surface area contributed by atoms with Gasteiger partial charge in [-0.2, -0.15) is 0 Å². The minimum atomic E-state index is -0.428. The van der Waals surface area contributed by atoms with E-state index in [0.717, 1.165) is 25.2 Å². The van der Waals surface area contributed by atoms with Crippen LogP contribution in [0.15, 0.2) is 0 Å². The van der Waals surface area contributed by atoms with Crippen LogP contribution in [0.3, 0.4) is 0 Å². The molecule has 3 N–H and O–H groups in total. The third-order valence-corrected chi connectivity index (χ3v) is 5.11. The van der Waals surface area contributed by atoms with Crippen LogP contribution in [0, 0.1) is 17.8 Å². The van der Waals surface area contributed by atoms with Gasteiger partial charge in [0.05, 0.1) is 0 Å². The predicted octanol–water partition coefficient (Wildman–Crippen LogP) is 2.42. The van der Waals surface area contributed by atoms with Crippen LogP contribution >= 0.6 is 0 Å². The number of nitrogens with two attached hydrogens (primary N) is 1. The minimum Gasteiger partial charge on any atom is -0.444 e. The van der Waals surface area contributed by atoms with Crippen molar-refractivity contribution in [2.45, 2.75) is 70.1 Å². The van der Waals surface area contributed by atoms with Crippen molar-refractivity contribution >= 4 is 6.09 Å². The Morgan fingerprint density at radius 2 is 1.79 bits per heavy atom. The molecule has 5 atom stereocenters. The standard InChI is InChI=1S/C15H26N2O2/c1-14(2,3)19-13(18)17-15-6-9-4-10(7-15)12(16)11(5-9)8-15/h9-12H,4-8,16H2,1-3H3,(H,17,18)/t9?,10-,11+,12?,15?. The highest BCUT2D eigenvalue weighted by atomic mass is 16.6. The monoisotopic (exact) mass is 266 g/mol. The zero-order valence-electron chi connectivity index (χ0n) is 12.2. The van der Waals surface area contributed by atoms with Gasteiger partial charge >= 0.3 is 6.09 Å². The third-order valence-electron chi connectivity index (χ3n) is 5.11. The Labute approximate surface area is 115 Å². The smallest absolute Gasteiger partial charge is 0.408 e. The molecule has 0 aliphatic heterocycles. The third kappa shape index (κ3) is 2.47. The zero-order valence-corrected chi connectivity index (χ0v) is 12.2. The molecule has 0 aromatic rings. The first-order chi connectivity index (χ1) is 8.76. The topological polar surface area (TPSA) is 64.3 Å². The lowest BCUT2D eigenvalue weighted by Gasteiger charge is -2.59.